The van der Waals surface area contributed by atoms with Crippen molar-refractivity contribution in [1.29, 1.82) is 5.41 Å². The highest BCUT2D eigenvalue weighted by Crippen LogP contribution is 2.07. The smallest absolute Gasteiger partial charge is 0.326 e. The highest BCUT2D eigenvalue weighted by atomic mass is 16.4. The number of nitrogens with one attached hydrogen (secondary N) is 4. The first-order valence-corrected chi connectivity index (χ1v) is 9.19. The fraction of sp³-hybridized carbons (Fsp3) is 0.421. The summed E-state index contributed by atoms with van der Waals surface area (Å²) in [5, 5.41) is 32.7. The second-order valence-electron chi connectivity index (χ2n) is 7.05. The first-order chi connectivity index (χ1) is 14.0. The molecule has 0 saturated heterocycles. The van der Waals surface area contributed by atoms with Gasteiger partial charge in [-0.3, -0.25) is 19.8 Å². The molecule has 1 aromatic rings. The van der Waals surface area contributed by atoms with Gasteiger partial charge in [0.1, 0.15) is 12.1 Å². The number of hydrogen-bond acceptors (Lipinski definition) is 5. The molecule has 0 aliphatic rings. The Labute approximate surface area is 173 Å². The molecule has 0 fully saturated rings. The van der Waals surface area contributed by atoms with E-state index in [1.165, 1.54) is 0 Å². The van der Waals surface area contributed by atoms with Crippen molar-refractivity contribution in [2.24, 2.45) is 11.7 Å². The number of carboxylic acids is 2. The van der Waals surface area contributed by atoms with E-state index in [2.05, 4.69) is 16.0 Å². The van der Waals surface area contributed by atoms with Gasteiger partial charge < -0.3 is 31.9 Å². The van der Waals surface area contributed by atoms with Crippen LogP contribution in [-0.2, 0) is 32.1 Å². The zero-order chi connectivity index (χ0) is 22.8. The summed E-state index contributed by atoms with van der Waals surface area (Å²) in [6.07, 6.45) is -0.811. The summed E-state index contributed by atoms with van der Waals surface area (Å²) in [6.45, 7) is 3.48. The number of carbonyl (C=O) groups excluding carboxylic acids is 2. The maximum atomic E-state index is 12.4. The average Bonchev–Trinajstić information content (AvgIpc) is 2.63. The molecule has 0 aliphatic carbocycles. The number of amides is 2. The standard InChI is InChI=1S/C19H27N5O6/c1-10(2)16(18(29)30)24-17(28)13(8-15(26)27)23-14(25)7-11-4-3-5-12(6-11)9-22-19(20)21/h3-6,10,13,16H,7-9H2,1-2H3,(H,23,25)(H,24,28)(H,26,27)(H,29,30)(H4,20,21,22)/t13-,16-/m0/s1. The molecule has 1 aromatic carbocycles. The number of carboxylic acid groups (broad SMARTS) is 2. The van der Waals surface area contributed by atoms with Crippen molar-refractivity contribution in [1.82, 2.24) is 16.0 Å². The fourth-order valence-electron chi connectivity index (χ4n) is 2.63. The zero-order valence-electron chi connectivity index (χ0n) is 16.8. The quantitative estimate of drug-likeness (QED) is 0.182. The van der Waals surface area contributed by atoms with Crippen molar-refractivity contribution in [3.8, 4) is 0 Å². The van der Waals surface area contributed by atoms with Crippen LogP contribution in [0.4, 0.5) is 0 Å². The predicted molar refractivity (Wildman–Crippen MR) is 107 cm³/mol. The largest absolute Gasteiger partial charge is 0.481 e. The normalized spacial score (nSPS) is 12.5. The van der Waals surface area contributed by atoms with Crippen LogP contribution in [0.25, 0.3) is 0 Å². The number of aliphatic carboxylic acids is 2. The summed E-state index contributed by atoms with van der Waals surface area (Å²) < 4.78 is 0. The third kappa shape index (κ3) is 8.59. The van der Waals surface area contributed by atoms with Crippen LogP contribution in [0.2, 0.25) is 0 Å². The van der Waals surface area contributed by atoms with Crippen LogP contribution >= 0.6 is 0 Å². The third-order valence-electron chi connectivity index (χ3n) is 4.10. The highest BCUT2D eigenvalue weighted by molar-refractivity contribution is 5.93. The van der Waals surface area contributed by atoms with E-state index >= 15 is 0 Å². The molecule has 11 heteroatoms. The zero-order valence-corrected chi connectivity index (χ0v) is 16.8. The van der Waals surface area contributed by atoms with Gasteiger partial charge in [0.05, 0.1) is 12.8 Å². The Morgan fingerprint density at radius 2 is 1.73 bits per heavy atom. The lowest BCUT2D eigenvalue weighted by atomic mass is 10.0. The first-order valence-electron chi connectivity index (χ1n) is 9.19. The van der Waals surface area contributed by atoms with Crippen molar-refractivity contribution in [3.05, 3.63) is 35.4 Å². The Morgan fingerprint density at radius 3 is 2.27 bits per heavy atom. The summed E-state index contributed by atoms with van der Waals surface area (Å²) in [5.74, 6) is -4.67. The Kier molecular flexibility index (Phi) is 9.27. The second kappa shape index (κ2) is 11.4. The molecule has 0 spiro atoms. The van der Waals surface area contributed by atoms with Crippen LogP contribution in [0.3, 0.4) is 0 Å². The average molecular weight is 421 g/mol. The Balaban J connectivity index is 2.82. The van der Waals surface area contributed by atoms with E-state index in [0.29, 0.717) is 12.1 Å². The predicted octanol–water partition coefficient (Wildman–Crippen LogP) is -0.603. The van der Waals surface area contributed by atoms with Crippen molar-refractivity contribution in [2.45, 2.75) is 45.3 Å². The summed E-state index contributed by atoms with van der Waals surface area (Å²) in [6, 6.07) is 4.25. The second-order valence-corrected chi connectivity index (χ2v) is 7.05. The monoisotopic (exact) mass is 421 g/mol. The first kappa shape index (κ1) is 24.4. The molecular formula is C19H27N5O6. The van der Waals surface area contributed by atoms with Gasteiger partial charge in [-0.1, -0.05) is 38.1 Å². The van der Waals surface area contributed by atoms with Gasteiger partial charge in [0, 0.05) is 6.54 Å². The van der Waals surface area contributed by atoms with E-state index in [-0.39, 0.29) is 12.4 Å². The van der Waals surface area contributed by atoms with Gasteiger partial charge in [0.2, 0.25) is 11.8 Å². The van der Waals surface area contributed by atoms with Crippen LogP contribution in [-0.4, -0.2) is 52.0 Å². The van der Waals surface area contributed by atoms with E-state index < -0.39 is 48.2 Å². The van der Waals surface area contributed by atoms with Crippen molar-refractivity contribution in [3.63, 3.8) is 0 Å². The molecule has 0 bridgehead atoms. The van der Waals surface area contributed by atoms with Gasteiger partial charge >= 0.3 is 11.9 Å². The number of rotatable bonds is 11. The van der Waals surface area contributed by atoms with Gasteiger partial charge in [-0.05, 0) is 17.0 Å². The number of nitrogens with two attached hydrogens (primary N) is 1. The maximum Gasteiger partial charge on any atom is 0.326 e. The molecule has 2 atom stereocenters. The van der Waals surface area contributed by atoms with Gasteiger partial charge in [-0.2, -0.15) is 0 Å². The molecule has 0 heterocycles. The Morgan fingerprint density at radius 1 is 1.10 bits per heavy atom. The lowest BCUT2D eigenvalue weighted by Crippen LogP contribution is -2.53. The van der Waals surface area contributed by atoms with Gasteiger partial charge in [0.15, 0.2) is 5.96 Å². The minimum atomic E-state index is -1.42. The minimum absolute atomic E-state index is 0.121. The fourth-order valence-corrected chi connectivity index (χ4v) is 2.63. The van der Waals surface area contributed by atoms with Crippen LogP contribution in [0.1, 0.15) is 31.4 Å². The third-order valence-corrected chi connectivity index (χ3v) is 4.10. The van der Waals surface area contributed by atoms with Gasteiger partial charge in [-0.25, -0.2) is 4.79 Å². The SMILES string of the molecule is CC(C)[C@H](NC(=O)[C@H](CC(=O)O)NC(=O)Cc1cccc(CNC(=N)N)c1)C(=O)O. The lowest BCUT2D eigenvalue weighted by Gasteiger charge is -2.22. The summed E-state index contributed by atoms with van der Waals surface area (Å²) in [7, 11) is 0. The summed E-state index contributed by atoms with van der Waals surface area (Å²) in [4.78, 5) is 47.1. The van der Waals surface area contributed by atoms with Crippen molar-refractivity contribution < 1.29 is 29.4 Å². The number of benzene rings is 1. The number of guanidine groups is 1. The van der Waals surface area contributed by atoms with Crippen LogP contribution in [0.15, 0.2) is 24.3 Å². The maximum absolute atomic E-state index is 12.4. The lowest BCUT2D eigenvalue weighted by molar-refractivity contribution is -0.144. The molecule has 0 radical (unpaired) electrons. The van der Waals surface area contributed by atoms with Crippen molar-refractivity contribution >= 4 is 29.7 Å². The summed E-state index contributed by atoms with van der Waals surface area (Å²) in [5.41, 5.74) is 6.62. The van der Waals surface area contributed by atoms with Crippen LogP contribution < -0.4 is 21.7 Å². The van der Waals surface area contributed by atoms with Crippen molar-refractivity contribution in [2.75, 3.05) is 0 Å². The molecule has 8 N–H and O–H groups in total. The van der Waals surface area contributed by atoms with Crippen LogP contribution in [0, 0.1) is 11.3 Å². The highest BCUT2D eigenvalue weighted by Gasteiger charge is 2.29. The molecule has 11 nitrogen and oxygen atoms in total. The number of carbonyl (C=O) groups is 4. The van der Waals surface area contributed by atoms with Gasteiger partial charge in [-0.15, -0.1) is 0 Å². The van der Waals surface area contributed by atoms with E-state index in [1.54, 1.807) is 38.1 Å². The summed E-state index contributed by atoms with van der Waals surface area (Å²) >= 11 is 0. The van der Waals surface area contributed by atoms with E-state index in [9.17, 15) is 24.3 Å². The molecule has 2 amide bonds. The van der Waals surface area contributed by atoms with Crippen LogP contribution in [0.5, 0.6) is 0 Å². The van der Waals surface area contributed by atoms with Gasteiger partial charge in [0.25, 0.3) is 0 Å². The van der Waals surface area contributed by atoms with E-state index in [0.717, 1.165) is 5.56 Å². The number of hydrogen-bond donors (Lipinski definition) is 7. The topological polar surface area (TPSA) is 195 Å². The molecule has 0 aromatic heterocycles. The van der Waals surface area contributed by atoms with E-state index in [1.807, 2.05) is 0 Å². The van der Waals surface area contributed by atoms with E-state index in [4.69, 9.17) is 16.2 Å². The molecule has 30 heavy (non-hydrogen) atoms. The molecule has 1 rings (SSSR count). The Hall–Kier alpha value is -3.63. The Bertz CT molecular complexity index is 810. The molecule has 0 saturated carbocycles. The molecule has 164 valence electrons. The molecular weight excluding hydrogens is 394 g/mol. The molecule has 0 aliphatic heterocycles. The minimum Gasteiger partial charge on any atom is -0.481 e. The molecule has 0 unspecified atom stereocenters.